The van der Waals surface area contributed by atoms with Crippen LogP contribution in [0.4, 0.5) is 14.5 Å². The first-order valence-corrected chi connectivity index (χ1v) is 6.22. The second-order valence-electron chi connectivity index (χ2n) is 5.00. The highest BCUT2D eigenvalue weighted by Crippen LogP contribution is 2.35. The van der Waals surface area contributed by atoms with Crippen molar-refractivity contribution in [1.82, 2.24) is 4.98 Å². The van der Waals surface area contributed by atoms with Gasteiger partial charge < -0.3 is 10.8 Å². The standard InChI is InChI=1S/C15H14F2N2O2/c1-15(14(20)21,7-9-3-2-6-19-8-9)12-11(18)5-4-10(16)13(12)17/h2-6,8H,7,18H2,1H3,(H,20,21). The molecule has 1 aromatic heterocycles. The number of nitrogens with two attached hydrogens (primary N) is 1. The van der Waals surface area contributed by atoms with Gasteiger partial charge >= 0.3 is 5.97 Å². The van der Waals surface area contributed by atoms with E-state index in [1.165, 1.54) is 13.1 Å². The molecule has 1 unspecified atom stereocenters. The molecular formula is C15H14F2N2O2. The molecule has 2 rings (SSSR count). The van der Waals surface area contributed by atoms with E-state index < -0.39 is 23.0 Å². The van der Waals surface area contributed by atoms with Gasteiger partial charge in [-0.2, -0.15) is 0 Å². The molecule has 0 aliphatic heterocycles. The van der Waals surface area contributed by atoms with Crippen molar-refractivity contribution >= 4 is 11.7 Å². The summed E-state index contributed by atoms with van der Waals surface area (Å²) in [6.07, 6.45) is 2.97. The van der Waals surface area contributed by atoms with Crippen molar-refractivity contribution in [2.75, 3.05) is 5.73 Å². The van der Waals surface area contributed by atoms with E-state index in [9.17, 15) is 18.7 Å². The fraction of sp³-hybridized carbons (Fsp3) is 0.200. The van der Waals surface area contributed by atoms with Crippen LogP contribution in [0.5, 0.6) is 0 Å². The van der Waals surface area contributed by atoms with E-state index in [2.05, 4.69) is 4.98 Å². The van der Waals surface area contributed by atoms with Gasteiger partial charge in [-0.15, -0.1) is 0 Å². The van der Waals surface area contributed by atoms with Gasteiger partial charge in [0.25, 0.3) is 0 Å². The number of carboxylic acids is 1. The lowest BCUT2D eigenvalue weighted by Crippen LogP contribution is -2.37. The lowest BCUT2D eigenvalue weighted by Gasteiger charge is -2.27. The molecule has 0 fully saturated rings. The largest absolute Gasteiger partial charge is 0.481 e. The third-order valence-corrected chi connectivity index (χ3v) is 3.43. The zero-order valence-electron chi connectivity index (χ0n) is 11.3. The zero-order valence-corrected chi connectivity index (χ0v) is 11.3. The van der Waals surface area contributed by atoms with E-state index >= 15 is 0 Å². The molecule has 0 amide bonds. The highest BCUT2D eigenvalue weighted by atomic mass is 19.2. The molecule has 0 saturated heterocycles. The zero-order chi connectivity index (χ0) is 15.6. The number of carboxylic acid groups (broad SMARTS) is 1. The molecule has 0 spiro atoms. The topological polar surface area (TPSA) is 76.2 Å². The van der Waals surface area contributed by atoms with Crippen LogP contribution in [0.2, 0.25) is 0 Å². The number of nitrogens with zero attached hydrogens (tertiary/aromatic N) is 1. The van der Waals surface area contributed by atoms with Crippen molar-refractivity contribution in [3.05, 3.63) is 59.4 Å². The molecule has 0 aliphatic rings. The first-order valence-electron chi connectivity index (χ1n) is 6.22. The maximum atomic E-state index is 14.1. The number of halogens is 2. The molecule has 0 saturated carbocycles. The van der Waals surface area contributed by atoms with Gasteiger partial charge in [0, 0.05) is 23.6 Å². The van der Waals surface area contributed by atoms with Crippen LogP contribution in [0.15, 0.2) is 36.7 Å². The smallest absolute Gasteiger partial charge is 0.314 e. The number of pyridine rings is 1. The van der Waals surface area contributed by atoms with E-state index in [0.29, 0.717) is 5.56 Å². The Hall–Kier alpha value is -2.50. The van der Waals surface area contributed by atoms with Crippen molar-refractivity contribution in [2.24, 2.45) is 0 Å². The first-order chi connectivity index (χ1) is 9.86. The van der Waals surface area contributed by atoms with E-state index in [0.717, 1.165) is 12.1 Å². The number of nitrogen functional groups attached to an aromatic ring is 1. The fourth-order valence-electron chi connectivity index (χ4n) is 2.31. The molecule has 1 atom stereocenters. The molecule has 6 heteroatoms. The predicted octanol–water partition coefficient (Wildman–Crippen LogP) is 2.53. The molecule has 1 heterocycles. The summed E-state index contributed by atoms with van der Waals surface area (Å²) in [4.78, 5) is 15.6. The highest BCUT2D eigenvalue weighted by Gasteiger charge is 2.40. The van der Waals surface area contributed by atoms with Crippen LogP contribution < -0.4 is 5.73 Å². The van der Waals surface area contributed by atoms with Gasteiger partial charge in [-0.3, -0.25) is 9.78 Å². The number of carbonyl (C=O) groups is 1. The van der Waals surface area contributed by atoms with Crippen LogP contribution in [0, 0.1) is 11.6 Å². The van der Waals surface area contributed by atoms with Gasteiger partial charge in [0.05, 0.1) is 5.41 Å². The van der Waals surface area contributed by atoms with Gasteiger partial charge in [0.2, 0.25) is 0 Å². The van der Waals surface area contributed by atoms with Crippen molar-refractivity contribution in [3.63, 3.8) is 0 Å². The molecule has 0 bridgehead atoms. The van der Waals surface area contributed by atoms with Crippen LogP contribution >= 0.6 is 0 Å². The molecule has 1 aromatic carbocycles. The summed E-state index contributed by atoms with van der Waals surface area (Å²) < 4.78 is 27.5. The van der Waals surface area contributed by atoms with Crippen LogP contribution in [0.3, 0.4) is 0 Å². The fourth-order valence-corrected chi connectivity index (χ4v) is 2.31. The second kappa shape index (κ2) is 5.47. The third kappa shape index (κ3) is 2.69. The second-order valence-corrected chi connectivity index (χ2v) is 5.00. The number of rotatable bonds is 4. The lowest BCUT2D eigenvalue weighted by molar-refractivity contribution is -0.143. The summed E-state index contributed by atoms with van der Waals surface area (Å²) in [5, 5.41) is 9.52. The van der Waals surface area contributed by atoms with Crippen LogP contribution in [0.25, 0.3) is 0 Å². The van der Waals surface area contributed by atoms with E-state index in [4.69, 9.17) is 5.73 Å². The highest BCUT2D eigenvalue weighted by molar-refractivity contribution is 5.83. The van der Waals surface area contributed by atoms with Crippen LogP contribution in [0.1, 0.15) is 18.1 Å². The summed E-state index contributed by atoms with van der Waals surface area (Å²) in [6.45, 7) is 1.32. The summed E-state index contributed by atoms with van der Waals surface area (Å²) in [5.74, 6) is -3.65. The van der Waals surface area contributed by atoms with Crippen molar-refractivity contribution in [3.8, 4) is 0 Å². The monoisotopic (exact) mass is 292 g/mol. The quantitative estimate of drug-likeness (QED) is 0.849. The number of hydrogen-bond donors (Lipinski definition) is 2. The molecule has 2 aromatic rings. The molecule has 0 aliphatic carbocycles. The van der Waals surface area contributed by atoms with Crippen molar-refractivity contribution in [2.45, 2.75) is 18.8 Å². The van der Waals surface area contributed by atoms with Crippen molar-refractivity contribution < 1.29 is 18.7 Å². The van der Waals surface area contributed by atoms with Gasteiger partial charge in [-0.1, -0.05) is 6.07 Å². The Morgan fingerprint density at radius 3 is 2.67 bits per heavy atom. The molecule has 4 nitrogen and oxygen atoms in total. The van der Waals surface area contributed by atoms with Crippen LogP contribution in [-0.4, -0.2) is 16.1 Å². The van der Waals surface area contributed by atoms with Gasteiger partial charge in [-0.25, -0.2) is 8.78 Å². The average molecular weight is 292 g/mol. The maximum absolute atomic E-state index is 14.1. The van der Waals surface area contributed by atoms with Gasteiger partial charge in [-0.05, 0) is 37.1 Å². The van der Waals surface area contributed by atoms with Crippen LogP contribution in [-0.2, 0) is 16.6 Å². The minimum Gasteiger partial charge on any atom is -0.481 e. The molecule has 0 radical (unpaired) electrons. The minimum absolute atomic E-state index is 0.0548. The Labute approximate surface area is 120 Å². The minimum atomic E-state index is -1.70. The lowest BCUT2D eigenvalue weighted by atomic mass is 9.76. The Balaban J connectivity index is 2.58. The average Bonchev–Trinajstić information content (AvgIpc) is 2.44. The number of anilines is 1. The van der Waals surface area contributed by atoms with E-state index in [-0.39, 0.29) is 17.7 Å². The number of aromatic nitrogens is 1. The summed E-state index contributed by atoms with van der Waals surface area (Å²) in [5.41, 5.74) is 4.13. The van der Waals surface area contributed by atoms with E-state index in [1.807, 2.05) is 0 Å². The molecular weight excluding hydrogens is 278 g/mol. The summed E-state index contributed by atoms with van der Waals surface area (Å²) >= 11 is 0. The van der Waals surface area contributed by atoms with Crippen molar-refractivity contribution in [1.29, 1.82) is 0 Å². The third-order valence-electron chi connectivity index (χ3n) is 3.43. The predicted molar refractivity (Wildman–Crippen MR) is 73.7 cm³/mol. The summed E-state index contributed by atoms with van der Waals surface area (Å²) in [6, 6.07) is 5.35. The first kappa shape index (κ1) is 14.9. The van der Waals surface area contributed by atoms with Gasteiger partial charge in [0.15, 0.2) is 11.6 Å². The number of benzene rings is 1. The number of hydrogen-bond acceptors (Lipinski definition) is 3. The normalized spacial score (nSPS) is 13.7. The molecule has 110 valence electrons. The van der Waals surface area contributed by atoms with Gasteiger partial charge in [0.1, 0.15) is 0 Å². The van der Waals surface area contributed by atoms with E-state index in [1.54, 1.807) is 18.3 Å². The summed E-state index contributed by atoms with van der Waals surface area (Å²) in [7, 11) is 0. The molecule has 3 N–H and O–H groups in total. The Kier molecular flexibility index (Phi) is 3.88. The Bertz CT molecular complexity index is 677. The number of aliphatic carboxylic acids is 1. The molecule has 21 heavy (non-hydrogen) atoms. The Morgan fingerprint density at radius 2 is 2.10 bits per heavy atom. The SMILES string of the molecule is CC(Cc1cccnc1)(C(=O)O)c1c(N)ccc(F)c1F. The Morgan fingerprint density at radius 1 is 1.38 bits per heavy atom. The maximum Gasteiger partial charge on any atom is 0.314 e.